The molecule has 0 radical (unpaired) electrons. The quantitative estimate of drug-likeness (QED) is 0.454. The Bertz CT molecular complexity index is 1050. The van der Waals surface area contributed by atoms with Gasteiger partial charge >= 0.3 is 0 Å². The predicted octanol–water partition coefficient (Wildman–Crippen LogP) is 5.29. The number of likely N-dealkylation sites (tertiary alicyclic amines) is 1. The first-order valence-corrected chi connectivity index (χ1v) is 11.0. The molecule has 0 amide bonds. The second-order valence-electron chi connectivity index (χ2n) is 7.72. The monoisotopic (exact) mass is 403 g/mol. The van der Waals surface area contributed by atoms with E-state index in [0.717, 1.165) is 47.7 Å². The number of hydrogen-bond acceptors (Lipinski definition) is 4. The molecule has 1 atom stereocenters. The SMILES string of the molecule is CN1CCC(OC(c2cccc(-n3cccc3)c2)c2nc3ccccc3s2)CC1. The van der Waals surface area contributed by atoms with E-state index in [1.807, 2.05) is 18.2 Å². The molecule has 5 rings (SSSR count). The number of nitrogens with zero attached hydrogens (tertiary/aromatic N) is 3. The van der Waals surface area contributed by atoms with Gasteiger partial charge in [-0.3, -0.25) is 0 Å². The van der Waals surface area contributed by atoms with Crippen LogP contribution in [0.25, 0.3) is 15.9 Å². The third-order valence-corrected chi connectivity index (χ3v) is 6.68. The van der Waals surface area contributed by atoms with Crippen molar-refractivity contribution in [2.24, 2.45) is 0 Å². The second kappa shape index (κ2) is 8.11. The molecule has 0 saturated carbocycles. The van der Waals surface area contributed by atoms with Crippen molar-refractivity contribution < 1.29 is 4.74 Å². The molecule has 0 bridgehead atoms. The molecular weight excluding hydrogens is 378 g/mol. The van der Waals surface area contributed by atoms with Gasteiger partial charge in [-0.15, -0.1) is 11.3 Å². The van der Waals surface area contributed by atoms with E-state index >= 15 is 0 Å². The number of para-hydroxylation sites is 1. The third-order valence-electron chi connectivity index (χ3n) is 5.60. The maximum Gasteiger partial charge on any atom is 0.134 e. The molecule has 1 saturated heterocycles. The van der Waals surface area contributed by atoms with E-state index in [2.05, 4.69) is 71.4 Å². The lowest BCUT2D eigenvalue weighted by molar-refractivity contribution is -0.0234. The topological polar surface area (TPSA) is 30.3 Å². The number of hydrogen-bond donors (Lipinski definition) is 0. The van der Waals surface area contributed by atoms with Crippen molar-refractivity contribution >= 4 is 21.6 Å². The van der Waals surface area contributed by atoms with Gasteiger partial charge in [0.1, 0.15) is 11.1 Å². The summed E-state index contributed by atoms with van der Waals surface area (Å²) in [5.41, 5.74) is 3.35. The molecule has 1 unspecified atom stereocenters. The Labute approximate surface area is 175 Å². The summed E-state index contributed by atoms with van der Waals surface area (Å²) in [6, 6.07) is 21.1. The van der Waals surface area contributed by atoms with Crippen molar-refractivity contribution in [3.05, 3.63) is 83.6 Å². The van der Waals surface area contributed by atoms with Crippen LogP contribution in [0.2, 0.25) is 0 Å². The Morgan fingerprint density at radius 1 is 1.00 bits per heavy atom. The zero-order valence-electron chi connectivity index (χ0n) is 16.6. The molecular formula is C24H25N3OS. The van der Waals surface area contributed by atoms with Crippen molar-refractivity contribution in [1.29, 1.82) is 0 Å². The van der Waals surface area contributed by atoms with Gasteiger partial charge in [0.2, 0.25) is 0 Å². The van der Waals surface area contributed by atoms with Gasteiger partial charge < -0.3 is 14.2 Å². The number of benzene rings is 2. The van der Waals surface area contributed by atoms with E-state index in [0.29, 0.717) is 0 Å². The number of ether oxygens (including phenoxy) is 1. The molecule has 4 nitrogen and oxygen atoms in total. The van der Waals surface area contributed by atoms with Crippen LogP contribution in [0.15, 0.2) is 73.1 Å². The minimum atomic E-state index is -0.142. The second-order valence-corrected chi connectivity index (χ2v) is 8.79. The number of rotatable bonds is 5. The van der Waals surface area contributed by atoms with Gasteiger partial charge in [-0.1, -0.05) is 24.3 Å². The number of aromatic nitrogens is 2. The molecule has 0 spiro atoms. The maximum atomic E-state index is 6.73. The molecule has 1 fully saturated rings. The van der Waals surface area contributed by atoms with Crippen molar-refractivity contribution in [2.45, 2.75) is 25.0 Å². The van der Waals surface area contributed by atoms with Crippen LogP contribution in [0, 0.1) is 0 Å². The highest BCUT2D eigenvalue weighted by Gasteiger charge is 2.26. The Morgan fingerprint density at radius 2 is 1.79 bits per heavy atom. The Kier molecular flexibility index (Phi) is 5.19. The lowest BCUT2D eigenvalue weighted by atomic mass is 10.1. The van der Waals surface area contributed by atoms with Gasteiger partial charge in [-0.25, -0.2) is 4.98 Å². The first-order chi connectivity index (χ1) is 14.3. The third kappa shape index (κ3) is 3.99. The van der Waals surface area contributed by atoms with Crippen LogP contribution in [0.1, 0.15) is 29.5 Å². The fourth-order valence-electron chi connectivity index (χ4n) is 3.95. The largest absolute Gasteiger partial charge is 0.363 e. The number of fused-ring (bicyclic) bond motifs is 1. The Hall–Kier alpha value is -2.47. The van der Waals surface area contributed by atoms with Crippen LogP contribution in [0.5, 0.6) is 0 Å². The molecule has 2 aromatic carbocycles. The molecule has 29 heavy (non-hydrogen) atoms. The summed E-state index contributed by atoms with van der Waals surface area (Å²) in [4.78, 5) is 7.31. The van der Waals surface area contributed by atoms with E-state index in [4.69, 9.17) is 9.72 Å². The van der Waals surface area contributed by atoms with E-state index in [1.165, 1.54) is 4.70 Å². The van der Waals surface area contributed by atoms with Gasteiger partial charge in [-0.05, 0) is 61.9 Å². The molecule has 3 heterocycles. The van der Waals surface area contributed by atoms with Gasteiger partial charge in [0.05, 0.1) is 16.3 Å². The van der Waals surface area contributed by atoms with Crippen LogP contribution in [0.4, 0.5) is 0 Å². The van der Waals surface area contributed by atoms with Gasteiger partial charge in [0.25, 0.3) is 0 Å². The van der Waals surface area contributed by atoms with E-state index in [-0.39, 0.29) is 12.2 Å². The summed E-state index contributed by atoms with van der Waals surface area (Å²) in [5.74, 6) is 0. The standard InChI is InChI=1S/C24H25N3OS/c1-26-15-11-20(12-16-26)28-23(24-25-21-9-2-3-10-22(21)29-24)18-7-6-8-19(17-18)27-13-4-5-14-27/h2-10,13-14,17,20,23H,11-12,15-16H2,1H3. The Morgan fingerprint density at radius 3 is 2.59 bits per heavy atom. The van der Waals surface area contributed by atoms with Crippen molar-refractivity contribution in [2.75, 3.05) is 20.1 Å². The molecule has 0 N–H and O–H groups in total. The van der Waals surface area contributed by atoms with Gasteiger partial charge in [0, 0.05) is 31.2 Å². The normalized spacial score (nSPS) is 17.0. The summed E-state index contributed by atoms with van der Waals surface area (Å²) < 4.78 is 10.1. The number of piperidine rings is 1. The van der Waals surface area contributed by atoms with E-state index < -0.39 is 0 Å². The van der Waals surface area contributed by atoms with Crippen LogP contribution in [-0.2, 0) is 4.74 Å². The average molecular weight is 404 g/mol. The molecule has 2 aromatic heterocycles. The fourth-order valence-corrected chi connectivity index (χ4v) is 4.98. The van der Waals surface area contributed by atoms with Crippen molar-refractivity contribution in [3.63, 3.8) is 0 Å². The highest BCUT2D eigenvalue weighted by molar-refractivity contribution is 7.18. The zero-order chi connectivity index (χ0) is 19.6. The maximum absolute atomic E-state index is 6.73. The lowest BCUT2D eigenvalue weighted by Gasteiger charge is -2.31. The highest BCUT2D eigenvalue weighted by Crippen LogP contribution is 2.35. The molecule has 1 aliphatic heterocycles. The minimum absolute atomic E-state index is 0.142. The van der Waals surface area contributed by atoms with Crippen LogP contribution in [-0.4, -0.2) is 40.7 Å². The summed E-state index contributed by atoms with van der Waals surface area (Å²) >= 11 is 1.74. The van der Waals surface area contributed by atoms with Crippen LogP contribution in [0.3, 0.4) is 0 Å². The molecule has 4 aromatic rings. The fraction of sp³-hybridized carbons (Fsp3) is 0.292. The van der Waals surface area contributed by atoms with Gasteiger partial charge in [-0.2, -0.15) is 0 Å². The van der Waals surface area contributed by atoms with Gasteiger partial charge in [0.15, 0.2) is 0 Å². The van der Waals surface area contributed by atoms with E-state index in [1.54, 1.807) is 11.3 Å². The number of thiazole rings is 1. The summed E-state index contributed by atoms with van der Waals surface area (Å²) in [5, 5.41) is 1.04. The summed E-state index contributed by atoms with van der Waals surface area (Å²) in [7, 11) is 2.18. The first kappa shape index (κ1) is 18.6. The summed E-state index contributed by atoms with van der Waals surface area (Å²) in [6.07, 6.45) is 6.40. The van der Waals surface area contributed by atoms with E-state index in [9.17, 15) is 0 Å². The zero-order valence-corrected chi connectivity index (χ0v) is 17.4. The van der Waals surface area contributed by atoms with Crippen LogP contribution < -0.4 is 0 Å². The van der Waals surface area contributed by atoms with Crippen molar-refractivity contribution in [3.8, 4) is 5.69 Å². The first-order valence-electron chi connectivity index (χ1n) is 10.2. The minimum Gasteiger partial charge on any atom is -0.363 e. The predicted molar refractivity (Wildman–Crippen MR) is 119 cm³/mol. The van der Waals surface area contributed by atoms with Crippen LogP contribution >= 0.6 is 11.3 Å². The van der Waals surface area contributed by atoms with Crippen molar-refractivity contribution in [1.82, 2.24) is 14.5 Å². The highest BCUT2D eigenvalue weighted by atomic mass is 32.1. The lowest BCUT2D eigenvalue weighted by Crippen LogP contribution is -2.35. The Balaban J connectivity index is 1.52. The molecule has 0 aliphatic carbocycles. The molecule has 148 valence electrons. The molecule has 5 heteroatoms. The summed E-state index contributed by atoms with van der Waals surface area (Å²) in [6.45, 7) is 2.17. The molecule has 1 aliphatic rings. The average Bonchev–Trinajstić information content (AvgIpc) is 3.43. The smallest absolute Gasteiger partial charge is 0.134 e.